The van der Waals surface area contributed by atoms with E-state index in [1.165, 1.54) is 5.56 Å². The second kappa shape index (κ2) is 6.84. The van der Waals surface area contributed by atoms with E-state index >= 15 is 0 Å². The van der Waals surface area contributed by atoms with Crippen molar-refractivity contribution in [1.82, 2.24) is 15.2 Å². The van der Waals surface area contributed by atoms with Crippen LogP contribution in [0.15, 0.2) is 27.6 Å². The van der Waals surface area contributed by atoms with E-state index < -0.39 is 0 Å². The average Bonchev–Trinajstić information content (AvgIpc) is 2.98. The second-order valence-electron chi connectivity index (χ2n) is 5.06. The average molecular weight is 279 g/mol. The minimum Gasteiger partial charge on any atom is -0.468 e. The van der Waals surface area contributed by atoms with Gasteiger partial charge in [-0.3, -0.25) is 4.90 Å². The number of thiazole rings is 1. The van der Waals surface area contributed by atoms with E-state index in [4.69, 9.17) is 4.42 Å². The van der Waals surface area contributed by atoms with Crippen molar-refractivity contribution >= 4 is 11.3 Å². The molecule has 0 aliphatic rings. The van der Waals surface area contributed by atoms with Crippen LogP contribution in [0.5, 0.6) is 0 Å². The number of rotatable bonds is 7. The fraction of sp³-hybridized carbons (Fsp3) is 0.500. The SMILES string of the molecule is CC(C)NCc1ccoc1CN(C)Cc1cscn1. The highest BCUT2D eigenvalue weighted by atomic mass is 32.1. The lowest BCUT2D eigenvalue weighted by Gasteiger charge is -2.15. The van der Waals surface area contributed by atoms with Gasteiger partial charge in [-0.1, -0.05) is 13.8 Å². The molecule has 0 fully saturated rings. The molecule has 2 aromatic rings. The first kappa shape index (κ1) is 14.2. The molecule has 0 unspecified atom stereocenters. The highest BCUT2D eigenvalue weighted by Crippen LogP contribution is 2.14. The van der Waals surface area contributed by atoms with Crippen LogP contribution in [0.4, 0.5) is 0 Å². The molecule has 0 bridgehead atoms. The van der Waals surface area contributed by atoms with Gasteiger partial charge in [0.15, 0.2) is 0 Å². The quantitative estimate of drug-likeness (QED) is 0.846. The molecule has 0 atom stereocenters. The molecule has 0 amide bonds. The molecule has 0 saturated carbocycles. The molecule has 2 rings (SSSR count). The fourth-order valence-corrected chi connectivity index (χ4v) is 2.42. The molecule has 2 aromatic heterocycles. The van der Waals surface area contributed by atoms with E-state index in [0.717, 1.165) is 31.1 Å². The Bertz CT molecular complexity index is 479. The van der Waals surface area contributed by atoms with Crippen molar-refractivity contribution in [2.24, 2.45) is 0 Å². The van der Waals surface area contributed by atoms with E-state index in [2.05, 4.69) is 41.5 Å². The van der Waals surface area contributed by atoms with Crippen molar-refractivity contribution in [2.45, 2.75) is 39.5 Å². The molecule has 0 radical (unpaired) electrons. The van der Waals surface area contributed by atoms with Crippen LogP contribution in [0.1, 0.15) is 30.9 Å². The summed E-state index contributed by atoms with van der Waals surface area (Å²) in [7, 11) is 2.08. The Balaban J connectivity index is 1.89. The molecule has 5 heteroatoms. The molecule has 1 N–H and O–H groups in total. The van der Waals surface area contributed by atoms with Crippen LogP contribution in [0, 0.1) is 0 Å². The third-order valence-electron chi connectivity index (χ3n) is 2.87. The molecule has 0 spiro atoms. The van der Waals surface area contributed by atoms with Crippen molar-refractivity contribution in [3.63, 3.8) is 0 Å². The zero-order valence-corrected chi connectivity index (χ0v) is 12.5. The molecule has 19 heavy (non-hydrogen) atoms. The summed E-state index contributed by atoms with van der Waals surface area (Å²) in [5.41, 5.74) is 4.22. The Morgan fingerprint density at radius 3 is 2.95 bits per heavy atom. The smallest absolute Gasteiger partial charge is 0.122 e. The van der Waals surface area contributed by atoms with Crippen LogP contribution in [0.25, 0.3) is 0 Å². The molecule has 0 aliphatic heterocycles. The fourth-order valence-electron chi connectivity index (χ4n) is 1.87. The molecule has 104 valence electrons. The van der Waals surface area contributed by atoms with E-state index in [9.17, 15) is 0 Å². The normalized spacial score (nSPS) is 11.6. The summed E-state index contributed by atoms with van der Waals surface area (Å²) in [6, 6.07) is 2.52. The minimum atomic E-state index is 0.482. The minimum absolute atomic E-state index is 0.482. The van der Waals surface area contributed by atoms with Gasteiger partial charge in [0, 0.05) is 30.1 Å². The number of aromatic nitrogens is 1. The van der Waals surface area contributed by atoms with Gasteiger partial charge in [-0.15, -0.1) is 11.3 Å². The Morgan fingerprint density at radius 2 is 2.26 bits per heavy atom. The van der Waals surface area contributed by atoms with Crippen LogP contribution < -0.4 is 5.32 Å². The highest BCUT2D eigenvalue weighted by molar-refractivity contribution is 7.07. The third-order valence-corrected chi connectivity index (χ3v) is 3.50. The van der Waals surface area contributed by atoms with Gasteiger partial charge < -0.3 is 9.73 Å². The first-order valence-electron chi connectivity index (χ1n) is 6.49. The Kier molecular flexibility index (Phi) is 5.13. The lowest BCUT2D eigenvalue weighted by Crippen LogP contribution is -2.23. The number of nitrogens with one attached hydrogen (secondary N) is 1. The van der Waals surface area contributed by atoms with Gasteiger partial charge in [0.2, 0.25) is 0 Å². The lowest BCUT2D eigenvalue weighted by molar-refractivity contribution is 0.283. The third kappa shape index (κ3) is 4.45. The maximum atomic E-state index is 5.59. The first-order chi connectivity index (χ1) is 9.15. The Hall–Kier alpha value is -1.17. The number of hydrogen-bond donors (Lipinski definition) is 1. The highest BCUT2D eigenvalue weighted by Gasteiger charge is 2.10. The van der Waals surface area contributed by atoms with E-state index in [1.807, 2.05) is 11.6 Å². The summed E-state index contributed by atoms with van der Waals surface area (Å²) in [6.07, 6.45) is 1.77. The van der Waals surface area contributed by atoms with Crippen LogP contribution >= 0.6 is 11.3 Å². The van der Waals surface area contributed by atoms with Gasteiger partial charge in [-0.2, -0.15) is 0 Å². The Morgan fingerprint density at radius 1 is 1.42 bits per heavy atom. The van der Waals surface area contributed by atoms with Crippen LogP contribution in [0.2, 0.25) is 0 Å². The molecule has 0 aromatic carbocycles. The standard InChI is InChI=1S/C14H21N3OS/c1-11(2)15-6-12-4-5-18-14(12)8-17(3)7-13-9-19-10-16-13/h4-5,9-11,15H,6-8H2,1-3H3. The van der Waals surface area contributed by atoms with Crippen molar-refractivity contribution in [2.75, 3.05) is 7.05 Å². The largest absolute Gasteiger partial charge is 0.468 e. The Labute approximate surface area is 118 Å². The van der Waals surface area contributed by atoms with E-state index in [0.29, 0.717) is 6.04 Å². The lowest BCUT2D eigenvalue weighted by atomic mass is 10.2. The van der Waals surface area contributed by atoms with Crippen LogP contribution in [0.3, 0.4) is 0 Å². The number of hydrogen-bond acceptors (Lipinski definition) is 5. The summed E-state index contributed by atoms with van der Waals surface area (Å²) in [6.45, 7) is 6.80. The van der Waals surface area contributed by atoms with Gasteiger partial charge in [0.25, 0.3) is 0 Å². The van der Waals surface area contributed by atoms with Crippen molar-refractivity contribution < 1.29 is 4.42 Å². The van der Waals surface area contributed by atoms with Gasteiger partial charge in [0.05, 0.1) is 24.0 Å². The zero-order chi connectivity index (χ0) is 13.7. The van der Waals surface area contributed by atoms with Gasteiger partial charge in [-0.05, 0) is 13.1 Å². The van der Waals surface area contributed by atoms with Crippen molar-refractivity contribution in [1.29, 1.82) is 0 Å². The molecule has 0 aliphatic carbocycles. The maximum absolute atomic E-state index is 5.59. The number of furan rings is 1. The van der Waals surface area contributed by atoms with Crippen molar-refractivity contribution in [3.8, 4) is 0 Å². The topological polar surface area (TPSA) is 41.3 Å². The van der Waals surface area contributed by atoms with Crippen LogP contribution in [-0.4, -0.2) is 23.0 Å². The summed E-state index contributed by atoms with van der Waals surface area (Å²) in [5.74, 6) is 1.03. The van der Waals surface area contributed by atoms with Crippen molar-refractivity contribution in [3.05, 3.63) is 40.2 Å². The van der Waals surface area contributed by atoms with Gasteiger partial charge in [0.1, 0.15) is 5.76 Å². The monoisotopic (exact) mass is 279 g/mol. The molecule has 4 nitrogen and oxygen atoms in total. The number of nitrogens with zero attached hydrogens (tertiary/aromatic N) is 2. The predicted molar refractivity (Wildman–Crippen MR) is 78.0 cm³/mol. The van der Waals surface area contributed by atoms with Gasteiger partial charge >= 0.3 is 0 Å². The zero-order valence-electron chi connectivity index (χ0n) is 11.7. The predicted octanol–water partition coefficient (Wildman–Crippen LogP) is 2.87. The summed E-state index contributed by atoms with van der Waals surface area (Å²) >= 11 is 1.63. The first-order valence-corrected chi connectivity index (χ1v) is 7.43. The molecule has 2 heterocycles. The van der Waals surface area contributed by atoms with E-state index in [-0.39, 0.29) is 0 Å². The summed E-state index contributed by atoms with van der Waals surface area (Å²) in [5, 5.41) is 5.50. The second-order valence-corrected chi connectivity index (χ2v) is 5.78. The summed E-state index contributed by atoms with van der Waals surface area (Å²) in [4.78, 5) is 6.52. The molecular formula is C14H21N3OS. The molecular weight excluding hydrogens is 258 g/mol. The maximum Gasteiger partial charge on any atom is 0.122 e. The van der Waals surface area contributed by atoms with Gasteiger partial charge in [-0.25, -0.2) is 4.98 Å². The van der Waals surface area contributed by atoms with Crippen LogP contribution in [-0.2, 0) is 19.6 Å². The molecule has 0 saturated heterocycles. The van der Waals surface area contributed by atoms with E-state index in [1.54, 1.807) is 17.6 Å². The summed E-state index contributed by atoms with van der Waals surface area (Å²) < 4.78 is 5.59.